The summed E-state index contributed by atoms with van der Waals surface area (Å²) in [7, 11) is -3.79. The number of carbonyl (C=O) groups is 1. The molecule has 1 N–H and O–H groups in total. The lowest BCUT2D eigenvalue weighted by molar-refractivity contribution is 0.0723. The zero-order valence-corrected chi connectivity index (χ0v) is 15.2. The Morgan fingerprint density at radius 2 is 1.85 bits per heavy atom. The topological polar surface area (TPSA) is 113 Å². The fourth-order valence-electron chi connectivity index (χ4n) is 2.35. The Balaban J connectivity index is 1.70. The summed E-state index contributed by atoms with van der Waals surface area (Å²) >= 11 is 1.01. The summed E-state index contributed by atoms with van der Waals surface area (Å²) in [6, 6.07) is 9.27. The van der Waals surface area contributed by atoms with E-state index in [4.69, 9.17) is 14.4 Å². The molecule has 2 aromatic rings. The average molecular weight is 393 g/mol. The molecular formula is C16H15N3O5S2. The number of hydrogen-bond donors (Lipinski definition) is 1. The van der Waals surface area contributed by atoms with E-state index in [0.717, 1.165) is 16.7 Å². The number of nitriles is 1. The Morgan fingerprint density at radius 1 is 1.15 bits per heavy atom. The van der Waals surface area contributed by atoms with E-state index in [2.05, 4.69) is 5.32 Å². The van der Waals surface area contributed by atoms with E-state index in [0.29, 0.717) is 18.9 Å². The summed E-state index contributed by atoms with van der Waals surface area (Å²) in [5.74, 6) is -0.665. The van der Waals surface area contributed by atoms with E-state index in [-0.39, 0.29) is 23.9 Å². The monoisotopic (exact) mass is 393 g/mol. The molecule has 0 spiro atoms. The van der Waals surface area contributed by atoms with Crippen LogP contribution in [-0.2, 0) is 14.8 Å². The normalized spacial score (nSPS) is 15.3. The van der Waals surface area contributed by atoms with Gasteiger partial charge in [0, 0.05) is 23.7 Å². The molecule has 10 heteroatoms. The van der Waals surface area contributed by atoms with Crippen molar-refractivity contribution in [2.45, 2.75) is 9.99 Å². The number of hydrogen-bond acceptors (Lipinski definition) is 7. The van der Waals surface area contributed by atoms with Gasteiger partial charge in [-0.05, 0) is 48.2 Å². The zero-order chi connectivity index (χ0) is 18.6. The predicted octanol–water partition coefficient (Wildman–Crippen LogP) is 2.13. The smallest absolute Gasteiger partial charge is 0.291 e. The van der Waals surface area contributed by atoms with Gasteiger partial charge in [0.15, 0.2) is 5.76 Å². The summed E-state index contributed by atoms with van der Waals surface area (Å²) < 4.78 is 36.7. The highest BCUT2D eigenvalue weighted by molar-refractivity contribution is 8.03. The van der Waals surface area contributed by atoms with Crippen molar-refractivity contribution in [3.05, 3.63) is 42.2 Å². The van der Waals surface area contributed by atoms with E-state index in [1.165, 1.54) is 16.4 Å². The van der Waals surface area contributed by atoms with Crippen LogP contribution >= 0.6 is 11.8 Å². The fourth-order valence-corrected chi connectivity index (χ4v) is 4.04. The molecule has 0 bridgehead atoms. The molecular weight excluding hydrogens is 378 g/mol. The molecule has 1 aliphatic rings. The number of sulfonamides is 1. The summed E-state index contributed by atoms with van der Waals surface area (Å²) in [4.78, 5) is 13.0. The highest BCUT2D eigenvalue weighted by Crippen LogP contribution is 2.22. The molecule has 8 nitrogen and oxygen atoms in total. The van der Waals surface area contributed by atoms with Crippen LogP contribution in [0.15, 0.2) is 50.8 Å². The summed E-state index contributed by atoms with van der Waals surface area (Å²) in [6.45, 7) is 1.15. The number of ether oxygens (including phenoxy) is 1. The van der Waals surface area contributed by atoms with Crippen molar-refractivity contribution in [1.29, 1.82) is 5.26 Å². The Hall–Kier alpha value is -2.32. The lowest BCUT2D eigenvalue weighted by Crippen LogP contribution is -2.40. The fraction of sp³-hybridized carbons (Fsp3) is 0.250. The first-order valence-electron chi connectivity index (χ1n) is 7.66. The molecule has 1 saturated heterocycles. The van der Waals surface area contributed by atoms with Gasteiger partial charge in [-0.1, -0.05) is 0 Å². The second kappa shape index (κ2) is 7.92. The third kappa shape index (κ3) is 4.08. The van der Waals surface area contributed by atoms with Gasteiger partial charge < -0.3 is 14.5 Å². The maximum Gasteiger partial charge on any atom is 0.291 e. The van der Waals surface area contributed by atoms with Crippen molar-refractivity contribution in [2.24, 2.45) is 0 Å². The minimum Gasteiger partial charge on any atom is -0.438 e. The number of rotatable bonds is 5. The number of morpholine rings is 1. The van der Waals surface area contributed by atoms with Crippen LogP contribution in [0.1, 0.15) is 10.6 Å². The van der Waals surface area contributed by atoms with E-state index >= 15 is 0 Å². The number of thiocyanates is 1. The molecule has 1 aromatic heterocycles. The van der Waals surface area contributed by atoms with Gasteiger partial charge in [-0.3, -0.25) is 4.79 Å². The van der Waals surface area contributed by atoms with Crippen LogP contribution in [0.5, 0.6) is 0 Å². The molecule has 1 amide bonds. The SMILES string of the molecule is N#CSc1ccc(NC(=O)c2ccc(S(=O)(=O)N3CCOCC3)o2)cc1. The lowest BCUT2D eigenvalue weighted by Gasteiger charge is -2.24. The van der Waals surface area contributed by atoms with Gasteiger partial charge in [-0.25, -0.2) is 8.42 Å². The lowest BCUT2D eigenvalue weighted by atomic mass is 10.3. The molecule has 0 unspecified atom stereocenters. The summed E-state index contributed by atoms with van der Waals surface area (Å²) in [5.41, 5.74) is 0.506. The van der Waals surface area contributed by atoms with E-state index < -0.39 is 15.9 Å². The largest absolute Gasteiger partial charge is 0.438 e. The molecule has 1 fully saturated rings. The Kier molecular flexibility index (Phi) is 5.63. The molecule has 0 aliphatic carbocycles. The van der Waals surface area contributed by atoms with Crippen molar-refractivity contribution in [3.63, 3.8) is 0 Å². The molecule has 1 aliphatic heterocycles. The molecule has 2 heterocycles. The van der Waals surface area contributed by atoms with Crippen LogP contribution in [0.25, 0.3) is 0 Å². The molecule has 3 rings (SSSR count). The second-order valence-corrected chi connectivity index (χ2v) is 8.03. The average Bonchev–Trinajstić information content (AvgIpc) is 3.15. The highest BCUT2D eigenvalue weighted by atomic mass is 32.2. The number of thioether (sulfide) groups is 1. The van der Waals surface area contributed by atoms with Crippen molar-refractivity contribution < 1.29 is 22.4 Å². The molecule has 26 heavy (non-hydrogen) atoms. The van der Waals surface area contributed by atoms with Gasteiger partial charge in [0.05, 0.1) is 13.2 Å². The Bertz CT molecular complexity index is 926. The molecule has 0 atom stereocenters. The van der Waals surface area contributed by atoms with E-state index in [1.54, 1.807) is 24.3 Å². The van der Waals surface area contributed by atoms with Crippen LogP contribution in [0.4, 0.5) is 5.69 Å². The summed E-state index contributed by atoms with van der Waals surface area (Å²) in [6.07, 6.45) is 0. The van der Waals surface area contributed by atoms with Crippen molar-refractivity contribution in [1.82, 2.24) is 4.31 Å². The number of benzene rings is 1. The Labute approximate surface area is 154 Å². The first kappa shape index (κ1) is 18.5. The van der Waals surface area contributed by atoms with E-state index in [1.807, 2.05) is 5.40 Å². The van der Waals surface area contributed by atoms with Crippen LogP contribution in [0.2, 0.25) is 0 Å². The second-order valence-electron chi connectivity index (χ2n) is 5.31. The molecule has 1 aromatic carbocycles. The molecule has 0 saturated carbocycles. The van der Waals surface area contributed by atoms with Crippen LogP contribution in [0.3, 0.4) is 0 Å². The zero-order valence-electron chi connectivity index (χ0n) is 13.5. The summed E-state index contributed by atoms with van der Waals surface area (Å²) in [5, 5.41) is 12.9. The van der Waals surface area contributed by atoms with Gasteiger partial charge in [0.25, 0.3) is 15.9 Å². The molecule has 0 radical (unpaired) electrons. The Morgan fingerprint density at radius 3 is 2.50 bits per heavy atom. The highest BCUT2D eigenvalue weighted by Gasteiger charge is 2.30. The third-order valence-electron chi connectivity index (χ3n) is 3.65. The van der Waals surface area contributed by atoms with E-state index in [9.17, 15) is 13.2 Å². The van der Waals surface area contributed by atoms with Gasteiger partial charge in [0.1, 0.15) is 5.40 Å². The van der Waals surface area contributed by atoms with Crippen LogP contribution in [0, 0.1) is 10.7 Å². The maximum absolute atomic E-state index is 12.5. The van der Waals surface area contributed by atoms with Gasteiger partial charge in [-0.15, -0.1) is 0 Å². The quantitative estimate of drug-likeness (QED) is 0.611. The predicted molar refractivity (Wildman–Crippen MR) is 94.2 cm³/mol. The van der Waals surface area contributed by atoms with Crippen LogP contribution in [-0.4, -0.2) is 44.9 Å². The minimum atomic E-state index is -3.79. The third-order valence-corrected chi connectivity index (χ3v) is 6.02. The van der Waals surface area contributed by atoms with Gasteiger partial charge in [0.2, 0.25) is 5.09 Å². The number of furan rings is 1. The number of carbonyl (C=O) groups excluding carboxylic acids is 1. The molecule has 136 valence electrons. The number of amides is 1. The van der Waals surface area contributed by atoms with Gasteiger partial charge >= 0.3 is 0 Å². The van der Waals surface area contributed by atoms with Crippen molar-refractivity contribution in [3.8, 4) is 5.40 Å². The minimum absolute atomic E-state index is 0.104. The first-order chi connectivity index (χ1) is 12.5. The van der Waals surface area contributed by atoms with Crippen molar-refractivity contribution in [2.75, 3.05) is 31.6 Å². The first-order valence-corrected chi connectivity index (χ1v) is 9.91. The number of anilines is 1. The van der Waals surface area contributed by atoms with Crippen molar-refractivity contribution >= 4 is 33.4 Å². The number of nitrogens with one attached hydrogen (secondary N) is 1. The maximum atomic E-state index is 12.5. The van der Waals surface area contributed by atoms with Crippen LogP contribution < -0.4 is 5.32 Å². The number of nitrogens with zero attached hydrogens (tertiary/aromatic N) is 2. The van der Waals surface area contributed by atoms with Gasteiger partial charge in [-0.2, -0.15) is 9.57 Å². The standard InChI is InChI=1S/C16H15N3O5S2/c17-11-25-13-3-1-12(2-4-13)18-16(20)14-5-6-15(24-14)26(21,22)19-7-9-23-10-8-19/h1-6H,7-10H2,(H,18,20).